The van der Waals surface area contributed by atoms with Crippen LogP contribution in [0.3, 0.4) is 0 Å². The van der Waals surface area contributed by atoms with Crippen molar-refractivity contribution in [1.29, 1.82) is 0 Å². The van der Waals surface area contributed by atoms with Crippen LogP contribution in [0.15, 0.2) is 42.5 Å². The molecule has 2 atom stereocenters. The van der Waals surface area contributed by atoms with Gasteiger partial charge < -0.3 is 15.3 Å². The van der Waals surface area contributed by atoms with Crippen LogP contribution in [0.5, 0.6) is 0 Å². The van der Waals surface area contributed by atoms with Crippen LogP contribution in [0.25, 0.3) is 0 Å². The van der Waals surface area contributed by atoms with Crippen LogP contribution < -0.4 is 10.6 Å². The zero-order valence-corrected chi connectivity index (χ0v) is 15.7. The maximum Gasteiger partial charge on any atom is 0.324 e. The van der Waals surface area contributed by atoms with Gasteiger partial charge in [-0.3, -0.25) is 14.9 Å². The van der Waals surface area contributed by atoms with Gasteiger partial charge in [0.1, 0.15) is 0 Å². The minimum absolute atomic E-state index is 0.199. The van der Waals surface area contributed by atoms with Crippen LogP contribution in [0.1, 0.15) is 29.4 Å². The third-order valence-electron chi connectivity index (χ3n) is 4.65. The average molecular weight is 387 g/mol. The molecule has 1 saturated heterocycles. The standard InChI is InChI=1S/C19H21N3O4S/c1-12-14(18(24)25)8-5-11-22(12)17(23)15-9-10-16(27-15)21-19(26)20-13-6-3-2-4-7-13/h2-4,6-7,9-10,12,14H,5,8,11H2,1H3,(H,24,25)(H2,20,21,26)/t12-,14-/m1/s1. The number of rotatable bonds is 4. The summed E-state index contributed by atoms with van der Waals surface area (Å²) in [5.74, 6) is -1.61. The lowest BCUT2D eigenvalue weighted by atomic mass is 9.90. The SMILES string of the molecule is C[C@@H]1[C@H](C(=O)O)CCCN1C(=O)c1ccc(NC(=O)Nc2ccccc2)s1. The zero-order chi connectivity index (χ0) is 19.4. The van der Waals surface area contributed by atoms with Gasteiger partial charge >= 0.3 is 12.0 Å². The number of thiophene rings is 1. The lowest BCUT2D eigenvalue weighted by Crippen LogP contribution is -2.48. The number of anilines is 2. The van der Waals surface area contributed by atoms with E-state index in [2.05, 4.69) is 10.6 Å². The lowest BCUT2D eigenvalue weighted by Gasteiger charge is -2.37. The molecule has 2 aromatic rings. The molecule has 3 amide bonds. The fourth-order valence-electron chi connectivity index (χ4n) is 3.22. The Hall–Kier alpha value is -2.87. The predicted molar refractivity (Wildman–Crippen MR) is 104 cm³/mol. The summed E-state index contributed by atoms with van der Waals surface area (Å²) in [7, 11) is 0. The van der Waals surface area contributed by atoms with E-state index in [9.17, 15) is 19.5 Å². The number of amides is 3. The summed E-state index contributed by atoms with van der Waals surface area (Å²) in [6, 6.07) is 11.6. The summed E-state index contributed by atoms with van der Waals surface area (Å²) >= 11 is 1.17. The first-order chi connectivity index (χ1) is 13.0. The molecule has 0 radical (unpaired) electrons. The van der Waals surface area contributed by atoms with Gasteiger partial charge in [0.2, 0.25) is 0 Å². The molecule has 2 heterocycles. The number of carbonyl (C=O) groups is 3. The number of carboxylic acid groups (broad SMARTS) is 1. The van der Waals surface area contributed by atoms with Crippen molar-refractivity contribution in [3.8, 4) is 0 Å². The molecule has 0 saturated carbocycles. The molecule has 0 spiro atoms. The summed E-state index contributed by atoms with van der Waals surface area (Å²) in [5, 5.41) is 15.3. The van der Waals surface area contributed by atoms with Crippen LogP contribution in [-0.4, -0.2) is 40.5 Å². The molecule has 1 fully saturated rings. The summed E-state index contributed by atoms with van der Waals surface area (Å²) in [6.07, 6.45) is 1.25. The van der Waals surface area contributed by atoms with Gasteiger partial charge in [-0.2, -0.15) is 0 Å². The molecule has 8 heteroatoms. The van der Waals surface area contributed by atoms with Crippen molar-refractivity contribution in [1.82, 2.24) is 4.90 Å². The van der Waals surface area contributed by atoms with Gasteiger partial charge in [-0.15, -0.1) is 11.3 Å². The fraction of sp³-hybridized carbons (Fsp3) is 0.316. The monoisotopic (exact) mass is 387 g/mol. The molecule has 3 rings (SSSR count). The molecule has 0 bridgehead atoms. The smallest absolute Gasteiger partial charge is 0.324 e. The largest absolute Gasteiger partial charge is 0.481 e. The Labute approximate surface area is 161 Å². The molecule has 0 unspecified atom stereocenters. The van der Waals surface area contributed by atoms with Crippen LogP contribution in [0.4, 0.5) is 15.5 Å². The quantitative estimate of drug-likeness (QED) is 0.745. The van der Waals surface area contributed by atoms with Crippen molar-refractivity contribution in [3.05, 3.63) is 47.3 Å². The van der Waals surface area contributed by atoms with Crippen LogP contribution in [-0.2, 0) is 4.79 Å². The van der Waals surface area contributed by atoms with E-state index in [-0.39, 0.29) is 18.0 Å². The maximum atomic E-state index is 12.8. The highest BCUT2D eigenvalue weighted by Crippen LogP contribution is 2.29. The van der Waals surface area contributed by atoms with E-state index in [4.69, 9.17) is 0 Å². The molecule has 27 heavy (non-hydrogen) atoms. The average Bonchev–Trinajstić information content (AvgIpc) is 3.10. The Morgan fingerprint density at radius 2 is 1.85 bits per heavy atom. The van der Waals surface area contributed by atoms with E-state index < -0.39 is 11.9 Å². The normalized spacial score (nSPS) is 19.4. The number of aliphatic carboxylic acids is 1. The van der Waals surface area contributed by atoms with Crippen molar-refractivity contribution < 1.29 is 19.5 Å². The second-order valence-corrected chi connectivity index (χ2v) is 7.52. The molecule has 1 aromatic carbocycles. The number of nitrogens with zero attached hydrogens (tertiary/aromatic N) is 1. The maximum absolute atomic E-state index is 12.8. The molecule has 142 valence electrons. The number of hydrogen-bond acceptors (Lipinski definition) is 4. The van der Waals surface area contributed by atoms with Gasteiger partial charge in [-0.25, -0.2) is 4.79 Å². The van der Waals surface area contributed by atoms with Crippen molar-refractivity contribution in [2.75, 3.05) is 17.2 Å². The van der Waals surface area contributed by atoms with Gasteiger partial charge in [0.15, 0.2) is 0 Å². The Bertz CT molecular complexity index is 836. The third kappa shape index (κ3) is 4.46. The fourth-order valence-corrected chi connectivity index (χ4v) is 4.07. The minimum atomic E-state index is -0.869. The van der Waals surface area contributed by atoms with Gasteiger partial charge in [0.05, 0.1) is 15.8 Å². The van der Waals surface area contributed by atoms with E-state index in [1.165, 1.54) is 11.3 Å². The van der Waals surface area contributed by atoms with Crippen molar-refractivity contribution >= 4 is 39.9 Å². The second kappa shape index (κ2) is 8.22. The molecule has 0 aliphatic carbocycles. The Morgan fingerprint density at radius 3 is 2.56 bits per heavy atom. The first-order valence-corrected chi connectivity index (χ1v) is 9.54. The number of urea groups is 1. The number of likely N-dealkylation sites (tertiary alicyclic amines) is 1. The van der Waals surface area contributed by atoms with Crippen molar-refractivity contribution in [3.63, 3.8) is 0 Å². The minimum Gasteiger partial charge on any atom is -0.481 e. The highest BCUT2D eigenvalue weighted by molar-refractivity contribution is 7.18. The molecule has 1 aliphatic heterocycles. The summed E-state index contributed by atoms with van der Waals surface area (Å²) in [6.45, 7) is 2.31. The number of para-hydroxylation sites is 1. The number of nitrogens with one attached hydrogen (secondary N) is 2. The van der Waals surface area contributed by atoms with Gasteiger partial charge in [-0.1, -0.05) is 18.2 Å². The summed E-state index contributed by atoms with van der Waals surface area (Å²) in [4.78, 5) is 38.3. The van der Waals surface area contributed by atoms with Crippen molar-refractivity contribution in [2.45, 2.75) is 25.8 Å². The van der Waals surface area contributed by atoms with Crippen LogP contribution in [0, 0.1) is 5.92 Å². The molecular weight excluding hydrogens is 366 g/mol. The molecular formula is C19H21N3O4S. The molecule has 3 N–H and O–H groups in total. The summed E-state index contributed by atoms with van der Waals surface area (Å²) in [5.41, 5.74) is 0.671. The number of piperidine rings is 1. The molecule has 1 aromatic heterocycles. The highest BCUT2D eigenvalue weighted by Gasteiger charge is 2.36. The van der Waals surface area contributed by atoms with E-state index in [0.717, 1.165) is 0 Å². The topological polar surface area (TPSA) is 98.7 Å². The highest BCUT2D eigenvalue weighted by atomic mass is 32.1. The van der Waals surface area contributed by atoms with E-state index in [0.29, 0.717) is 35.0 Å². The molecule has 7 nitrogen and oxygen atoms in total. The van der Waals surface area contributed by atoms with Gasteiger partial charge in [0, 0.05) is 18.3 Å². The van der Waals surface area contributed by atoms with Gasteiger partial charge in [0.25, 0.3) is 5.91 Å². The first-order valence-electron chi connectivity index (χ1n) is 8.72. The Kier molecular flexibility index (Phi) is 5.75. The molecule has 1 aliphatic rings. The number of carbonyl (C=O) groups excluding carboxylic acids is 2. The Morgan fingerprint density at radius 1 is 1.11 bits per heavy atom. The van der Waals surface area contributed by atoms with Gasteiger partial charge in [-0.05, 0) is 44.0 Å². The number of carboxylic acids is 1. The number of hydrogen-bond donors (Lipinski definition) is 3. The van der Waals surface area contributed by atoms with Crippen molar-refractivity contribution in [2.24, 2.45) is 5.92 Å². The van der Waals surface area contributed by atoms with E-state index in [1.807, 2.05) is 18.2 Å². The zero-order valence-electron chi connectivity index (χ0n) is 14.8. The lowest BCUT2D eigenvalue weighted by molar-refractivity contribution is -0.144. The summed E-state index contributed by atoms with van der Waals surface area (Å²) < 4.78 is 0. The second-order valence-electron chi connectivity index (χ2n) is 6.44. The van der Waals surface area contributed by atoms with E-state index >= 15 is 0 Å². The third-order valence-corrected chi connectivity index (χ3v) is 5.64. The van der Waals surface area contributed by atoms with E-state index in [1.54, 1.807) is 36.1 Å². The number of benzene rings is 1. The first kappa shape index (κ1) is 18.9. The Balaban J connectivity index is 1.63. The van der Waals surface area contributed by atoms with Crippen LogP contribution in [0.2, 0.25) is 0 Å². The van der Waals surface area contributed by atoms with Crippen LogP contribution >= 0.6 is 11.3 Å². The predicted octanol–water partition coefficient (Wildman–Crippen LogP) is 3.72.